The Kier molecular flexibility index (Phi) is 10.7. The van der Waals surface area contributed by atoms with E-state index in [1.807, 2.05) is 23.5 Å². The second-order valence-corrected chi connectivity index (χ2v) is 14.8. The van der Waals surface area contributed by atoms with Crippen LogP contribution >= 0.6 is 34.7 Å². The predicted octanol–water partition coefficient (Wildman–Crippen LogP) is 9.12. The van der Waals surface area contributed by atoms with Gasteiger partial charge in [0.1, 0.15) is 4.70 Å². The Morgan fingerprint density at radius 1 is 1.00 bits per heavy atom. The van der Waals surface area contributed by atoms with Gasteiger partial charge in [0, 0.05) is 35.0 Å². The largest absolute Gasteiger partial charge is 0.335 e. The normalized spacial score (nSPS) is 17.8. The lowest BCUT2D eigenvalue weighted by Crippen LogP contribution is -2.35. The third-order valence-electron chi connectivity index (χ3n) is 7.60. The third-order valence-corrected chi connectivity index (χ3v) is 11.2. The molecule has 0 unspecified atom stereocenters. The van der Waals surface area contributed by atoms with E-state index in [0.717, 1.165) is 47.1 Å². The fourth-order valence-electron chi connectivity index (χ4n) is 5.44. The minimum atomic E-state index is -3.94. The summed E-state index contributed by atoms with van der Waals surface area (Å²) in [5.74, 6) is -0.213. The second-order valence-electron chi connectivity index (χ2n) is 10.7. The number of thioether (sulfide) groups is 1. The first-order chi connectivity index (χ1) is 20.3. The van der Waals surface area contributed by atoms with Gasteiger partial charge in [-0.05, 0) is 73.9 Å². The van der Waals surface area contributed by atoms with E-state index in [2.05, 4.69) is 77.1 Å². The smallest absolute Gasteiger partial charge is 0.264 e. The molecule has 1 aromatic heterocycles. The lowest BCUT2D eigenvalue weighted by molar-refractivity contribution is -0.669. The summed E-state index contributed by atoms with van der Waals surface area (Å²) in [7, 11) is -3.94. The topological polar surface area (TPSA) is 61.5 Å². The molecular weight excluding hydrogens is 604 g/mol. The number of benzene rings is 2. The summed E-state index contributed by atoms with van der Waals surface area (Å²) >= 11 is 10.6. The van der Waals surface area contributed by atoms with Crippen molar-refractivity contribution in [2.75, 3.05) is 17.2 Å². The van der Waals surface area contributed by atoms with Crippen LogP contribution in [-0.4, -0.2) is 25.3 Å². The number of halogens is 1. The van der Waals surface area contributed by atoms with Gasteiger partial charge in [-0.1, -0.05) is 84.5 Å². The second kappa shape index (κ2) is 14.4. The van der Waals surface area contributed by atoms with E-state index in [0.29, 0.717) is 19.4 Å². The lowest BCUT2D eigenvalue weighted by atomic mass is 9.94. The first kappa shape index (κ1) is 31.1. The first-order valence-corrected chi connectivity index (χ1v) is 18.3. The molecule has 0 fully saturated rings. The van der Waals surface area contributed by atoms with Gasteiger partial charge in [-0.15, -0.1) is 0 Å². The number of nitrogens with zero attached hydrogens (tertiary/aromatic N) is 2. The maximum absolute atomic E-state index is 11.2. The highest BCUT2D eigenvalue weighted by molar-refractivity contribution is 8.03. The molecule has 3 aromatic rings. The van der Waals surface area contributed by atoms with Crippen LogP contribution in [0.2, 0.25) is 0 Å². The van der Waals surface area contributed by atoms with E-state index in [9.17, 15) is 8.42 Å². The number of hydrogen-bond donors (Lipinski definition) is 1. The van der Waals surface area contributed by atoms with Gasteiger partial charge in [0.25, 0.3) is 15.1 Å². The van der Waals surface area contributed by atoms with Crippen LogP contribution in [-0.2, 0) is 16.7 Å². The van der Waals surface area contributed by atoms with Crippen molar-refractivity contribution >= 4 is 66.8 Å². The number of unbranched alkanes of at least 4 members (excludes halogenated alkanes) is 3. The monoisotopic (exact) mass is 641 g/mol. The standard InChI is InChI=1S/C33H37ClN2O3S3/c1-2-3-8-22-35-27-14-4-6-16-29(27)40-31(35)20-18-25-12-11-13-26(33(25)34)19-21-32-36(23-9-10-24-42(37,38)39)28-15-5-7-17-30(28)41-32/h4-7,14-21H,2-3,8-13,22-24H2,1H3/p+1. The van der Waals surface area contributed by atoms with Gasteiger partial charge in [-0.3, -0.25) is 4.55 Å². The summed E-state index contributed by atoms with van der Waals surface area (Å²) < 4.78 is 35.2. The van der Waals surface area contributed by atoms with Crippen LogP contribution in [0.15, 0.2) is 92.9 Å². The molecule has 2 aliphatic rings. The average Bonchev–Trinajstić information content (AvgIpc) is 3.51. The van der Waals surface area contributed by atoms with Gasteiger partial charge < -0.3 is 4.90 Å². The lowest BCUT2D eigenvalue weighted by Gasteiger charge is -2.20. The molecule has 0 amide bonds. The molecule has 0 saturated heterocycles. The number of fused-ring (bicyclic) bond motifs is 2. The molecule has 5 rings (SSSR count). The fraction of sp³-hybridized carbons (Fsp3) is 0.364. The molecule has 0 bridgehead atoms. The molecule has 222 valence electrons. The van der Waals surface area contributed by atoms with Crippen molar-refractivity contribution in [2.45, 2.75) is 69.7 Å². The third kappa shape index (κ3) is 7.77. The quantitative estimate of drug-likeness (QED) is 0.121. The number of thiazole rings is 1. The first-order valence-electron chi connectivity index (χ1n) is 14.7. The number of aryl methyl sites for hydroxylation is 1. The molecule has 42 heavy (non-hydrogen) atoms. The Morgan fingerprint density at radius 3 is 2.64 bits per heavy atom. The maximum Gasteiger partial charge on any atom is 0.264 e. The molecule has 5 nitrogen and oxygen atoms in total. The molecule has 2 heterocycles. The van der Waals surface area contributed by atoms with Crippen molar-refractivity contribution < 1.29 is 17.5 Å². The van der Waals surface area contributed by atoms with Crippen molar-refractivity contribution in [3.8, 4) is 0 Å². The van der Waals surface area contributed by atoms with E-state index >= 15 is 0 Å². The summed E-state index contributed by atoms with van der Waals surface area (Å²) in [4.78, 5) is 3.42. The van der Waals surface area contributed by atoms with Crippen LogP contribution in [0.5, 0.6) is 0 Å². The Balaban J connectivity index is 1.36. The van der Waals surface area contributed by atoms with E-state index in [-0.39, 0.29) is 5.75 Å². The van der Waals surface area contributed by atoms with Gasteiger partial charge in [0.15, 0.2) is 6.54 Å². The number of rotatable bonds is 12. The summed E-state index contributed by atoms with van der Waals surface area (Å²) in [6.45, 7) is 3.94. The summed E-state index contributed by atoms with van der Waals surface area (Å²) in [5, 5.41) is 3.20. The zero-order valence-electron chi connectivity index (χ0n) is 24.0. The van der Waals surface area contributed by atoms with E-state index < -0.39 is 10.1 Å². The van der Waals surface area contributed by atoms with E-state index in [1.54, 1.807) is 11.8 Å². The van der Waals surface area contributed by atoms with Gasteiger partial charge in [0.2, 0.25) is 5.52 Å². The van der Waals surface area contributed by atoms with Crippen molar-refractivity contribution in [2.24, 2.45) is 0 Å². The van der Waals surface area contributed by atoms with Gasteiger partial charge in [-0.2, -0.15) is 13.0 Å². The molecule has 0 saturated carbocycles. The van der Waals surface area contributed by atoms with Crippen molar-refractivity contribution in [3.05, 3.63) is 93.0 Å². The van der Waals surface area contributed by atoms with Gasteiger partial charge >= 0.3 is 0 Å². The highest BCUT2D eigenvalue weighted by Crippen LogP contribution is 2.46. The SMILES string of the molecule is CCCCC[n+]1c(C=CC2=C(Cl)C(=CC=C3Sc4ccccc4N3CCCCS(=O)(=O)O)CCC2)sc2ccccc21. The van der Waals surface area contributed by atoms with Gasteiger partial charge in [0.05, 0.1) is 16.5 Å². The molecule has 9 heteroatoms. The summed E-state index contributed by atoms with van der Waals surface area (Å²) in [5.41, 5.74) is 4.75. The number of anilines is 1. The Labute approximate surface area is 263 Å². The molecule has 0 radical (unpaired) electrons. The molecule has 0 atom stereocenters. The van der Waals surface area contributed by atoms with Crippen LogP contribution in [0.3, 0.4) is 0 Å². The Bertz CT molecular complexity index is 1650. The molecular formula is C33H38ClN2O3S3+. The van der Waals surface area contributed by atoms with Crippen LogP contribution in [0, 0.1) is 0 Å². The zero-order chi connectivity index (χ0) is 29.5. The van der Waals surface area contributed by atoms with Crippen LogP contribution in [0.4, 0.5) is 5.69 Å². The summed E-state index contributed by atoms with van der Waals surface area (Å²) in [6.07, 6.45) is 16.4. The van der Waals surface area contributed by atoms with Crippen molar-refractivity contribution in [1.82, 2.24) is 0 Å². The van der Waals surface area contributed by atoms with Crippen LogP contribution in [0.25, 0.3) is 16.3 Å². The molecule has 1 N–H and O–H groups in total. The molecule has 2 aromatic carbocycles. The highest BCUT2D eigenvalue weighted by atomic mass is 35.5. The Morgan fingerprint density at radius 2 is 1.81 bits per heavy atom. The predicted molar refractivity (Wildman–Crippen MR) is 179 cm³/mol. The minimum Gasteiger partial charge on any atom is -0.335 e. The van der Waals surface area contributed by atoms with Crippen LogP contribution < -0.4 is 9.47 Å². The van der Waals surface area contributed by atoms with E-state index in [1.165, 1.54) is 45.0 Å². The molecule has 1 aliphatic heterocycles. The maximum atomic E-state index is 11.2. The number of para-hydroxylation sites is 2. The van der Waals surface area contributed by atoms with E-state index in [4.69, 9.17) is 16.2 Å². The summed E-state index contributed by atoms with van der Waals surface area (Å²) in [6, 6.07) is 16.9. The highest BCUT2D eigenvalue weighted by Gasteiger charge is 2.25. The molecule has 0 spiro atoms. The van der Waals surface area contributed by atoms with Crippen molar-refractivity contribution in [3.63, 3.8) is 0 Å². The van der Waals surface area contributed by atoms with Gasteiger partial charge in [-0.25, -0.2) is 0 Å². The molecule has 1 aliphatic carbocycles. The number of allylic oxidation sites excluding steroid dienone is 6. The average molecular weight is 642 g/mol. The fourth-order valence-corrected chi connectivity index (χ4v) is 8.51. The number of hydrogen-bond acceptors (Lipinski definition) is 5. The number of aromatic nitrogens is 1. The zero-order valence-corrected chi connectivity index (χ0v) is 27.2. The minimum absolute atomic E-state index is 0.213. The Hall–Kier alpha value is -2.36. The van der Waals surface area contributed by atoms with Crippen molar-refractivity contribution in [1.29, 1.82) is 0 Å². The van der Waals surface area contributed by atoms with Crippen LogP contribution in [0.1, 0.15) is 63.3 Å².